The molecule has 0 bridgehead atoms. The fourth-order valence-electron chi connectivity index (χ4n) is 3.57. The molecule has 0 amide bonds. The highest BCUT2D eigenvalue weighted by Crippen LogP contribution is 2.28. The predicted molar refractivity (Wildman–Crippen MR) is 101 cm³/mol. The molecule has 0 aromatic heterocycles. The molecule has 152 valence electrons. The lowest BCUT2D eigenvalue weighted by atomic mass is 10.1. The second-order valence-corrected chi connectivity index (χ2v) is 8.57. The minimum Gasteiger partial charge on any atom is -0.465 e. The van der Waals surface area contributed by atoms with E-state index in [-0.39, 0.29) is 34.5 Å². The Balaban J connectivity index is 0.00000261. The minimum atomic E-state index is -3.88. The van der Waals surface area contributed by atoms with Crippen molar-refractivity contribution in [1.82, 2.24) is 14.5 Å². The number of methoxy groups -OCH3 is 1. The number of carbonyl (C=O) groups is 1. The Bertz CT molecular complexity index is 800. The molecule has 1 unspecified atom stereocenters. The van der Waals surface area contributed by atoms with Crippen LogP contribution in [0.4, 0.5) is 4.39 Å². The van der Waals surface area contributed by atoms with Gasteiger partial charge in [-0.15, -0.1) is 12.4 Å². The van der Waals surface area contributed by atoms with Crippen LogP contribution in [-0.4, -0.2) is 76.0 Å². The summed E-state index contributed by atoms with van der Waals surface area (Å²) in [5.74, 6) is -1.50. The molecular formula is C17H25ClFN3O4S. The van der Waals surface area contributed by atoms with Crippen LogP contribution < -0.4 is 5.32 Å². The van der Waals surface area contributed by atoms with Crippen molar-refractivity contribution in [3.05, 3.63) is 29.1 Å². The van der Waals surface area contributed by atoms with Gasteiger partial charge >= 0.3 is 5.97 Å². The van der Waals surface area contributed by atoms with Crippen LogP contribution in [0.5, 0.6) is 0 Å². The molecule has 0 spiro atoms. The van der Waals surface area contributed by atoms with Crippen molar-refractivity contribution in [2.24, 2.45) is 0 Å². The van der Waals surface area contributed by atoms with Crippen molar-refractivity contribution in [3.63, 3.8) is 0 Å². The van der Waals surface area contributed by atoms with Crippen LogP contribution in [-0.2, 0) is 14.8 Å². The Morgan fingerprint density at radius 3 is 2.56 bits per heavy atom. The van der Waals surface area contributed by atoms with Crippen molar-refractivity contribution in [2.45, 2.75) is 24.3 Å². The van der Waals surface area contributed by atoms with E-state index in [4.69, 9.17) is 0 Å². The number of nitrogens with one attached hydrogen (secondary N) is 1. The van der Waals surface area contributed by atoms with Crippen molar-refractivity contribution in [1.29, 1.82) is 0 Å². The normalized spacial score (nSPS) is 21.7. The van der Waals surface area contributed by atoms with Gasteiger partial charge in [0.25, 0.3) is 0 Å². The second kappa shape index (κ2) is 8.83. The summed E-state index contributed by atoms with van der Waals surface area (Å²) in [5, 5.41) is 3.28. The van der Waals surface area contributed by atoms with E-state index in [0.717, 1.165) is 38.7 Å². The summed E-state index contributed by atoms with van der Waals surface area (Å²) in [6.45, 7) is 5.76. The van der Waals surface area contributed by atoms with Gasteiger partial charge in [0.05, 0.1) is 17.6 Å². The van der Waals surface area contributed by atoms with Gasteiger partial charge in [-0.1, -0.05) is 0 Å². The van der Waals surface area contributed by atoms with Crippen molar-refractivity contribution in [3.8, 4) is 0 Å². The number of rotatable bonds is 4. The number of hydrogen-bond donors (Lipinski definition) is 1. The molecule has 2 heterocycles. The standard InChI is InChI=1S/C17H24FN3O4S.ClH/c1-12-15(18)9-13(17(22)25-2)10-16(12)26(23,24)21-6-3-14(11-21)20-7-4-19-5-8-20;/h9-10,14,19H,3-8,11H2,1-2H3;1H. The monoisotopic (exact) mass is 421 g/mol. The molecule has 2 fully saturated rings. The molecule has 2 aliphatic rings. The first-order valence-electron chi connectivity index (χ1n) is 8.68. The van der Waals surface area contributed by atoms with Gasteiger partial charge in [0.15, 0.2) is 0 Å². The molecule has 10 heteroatoms. The molecule has 0 radical (unpaired) electrons. The average molecular weight is 422 g/mol. The maximum absolute atomic E-state index is 14.2. The van der Waals surface area contributed by atoms with Gasteiger partial charge in [-0.2, -0.15) is 4.31 Å². The highest BCUT2D eigenvalue weighted by atomic mass is 35.5. The van der Waals surface area contributed by atoms with E-state index in [1.807, 2.05) is 0 Å². The van der Waals surface area contributed by atoms with Gasteiger partial charge in [0.1, 0.15) is 5.82 Å². The lowest BCUT2D eigenvalue weighted by Crippen LogP contribution is -2.49. The van der Waals surface area contributed by atoms with E-state index < -0.39 is 21.8 Å². The third-order valence-corrected chi connectivity index (χ3v) is 7.12. The van der Waals surface area contributed by atoms with Gasteiger partial charge < -0.3 is 10.1 Å². The summed E-state index contributed by atoms with van der Waals surface area (Å²) in [6, 6.07) is 2.38. The first kappa shape index (κ1) is 22.0. The molecule has 3 rings (SSSR count). The van der Waals surface area contributed by atoms with Crippen LogP contribution >= 0.6 is 12.4 Å². The lowest BCUT2D eigenvalue weighted by Gasteiger charge is -2.32. The summed E-state index contributed by atoms with van der Waals surface area (Å²) >= 11 is 0. The van der Waals surface area contributed by atoms with Crippen molar-refractivity contribution < 1.29 is 22.3 Å². The van der Waals surface area contributed by atoms with Gasteiger partial charge in [-0.3, -0.25) is 4.90 Å². The zero-order valence-corrected chi connectivity index (χ0v) is 17.0. The first-order chi connectivity index (χ1) is 12.3. The Morgan fingerprint density at radius 1 is 1.26 bits per heavy atom. The van der Waals surface area contributed by atoms with Crippen LogP contribution in [0.3, 0.4) is 0 Å². The molecule has 1 atom stereocenters. The molecule has 1 N–H and O–H groups in total. The number of hydrogen-bond acceptors (Lipinski definition) is 6. The van der Waals surface area contributed by atoms with Crippen LogP contribution in [0.15, 0.2) is 17.0 Å². The highest BCUT2D eigenvalue weighted by Gasteiger charge is 2.37. The fourth-order valence-corrected chi connectivity index (χ4v) is 5.32. The maximum atomic E-state index is 14.2. The second-order valence-electron chi connectivity index (χ2n) is 6.66. The molecule has 1 aromatic rings. The highest BCUT2D eigenvalue weighted by molar-refractivity contribution is 7.89. The number of benzene rings is 1. The van der Waals surface area contributed by atoms with E-state index in [9.17, 15) is 17.6 Å². The van der Waals surface area contributed by atoms with Crippen LogP contribution in [0, 0.1) is 12.7 Å². The third kappa shape index (κ3) is 4.43. The number of ether oxygens (including phenoxy) is 1. The van der Waals surface area contributed by atoms with E-state index in [2.05, 4.69) is 15.0 Å². The van der Waals surface area contributed by atoms with Crippen LogP contribution in [0.25, 0.3) is 0 Å². The lowest BCUT2D eigenvalue weighted by molar-refractivity contribution is 0.0600. The van der Waals surface area contributed by atoms with Crippen LogP contribution in [0.1, 0.15) is 22.3 Å². The predicted octanol–water partition coefficient (Wildman–Crippen LogP) is 1.01. The van der Waals surface area contributed by atoms with E-state index >= 15 is 0 Å². The molecule has 2 aliphatic heterocycles. The fraction of sp³-hybridized carbons (Fsp3) is 0.588. The Kier molecular flexibility index (Phi) is 7.20. The van der Waals surface area contributed by atoms with Gasteiger partial charge in [0.2, 0.25) is 10.0 Å². The molecule has 7 nitrogen and oxygen atoms in total. The quantitative estimate of drug-likeness (QED) is 0.731. The minimum absolute atomic E-state index is 0. The Labute approximate surface area is 165 Å². The number of esters is 1. The topological polar surface area (TPSA) is 79.0 Å². The van der Waals surface area contributed by atoms with Gasteiger partial charge in [0, 0.05) is 50.9 Å². The van der Waals surface area contributed by atoms with E-state index in [1.165, 1.54) is 24.4 Å². The SMILES string of the molecule is COC(=O)c1cc(F)c(C)c(S(=O)(=O)N2CCC(N3CCNCC3)C2)c1.Cl. The summed E-state index contributed by atoms with van der Waals surface area (Å²) in [6.07, 6.45) is 0.747. The molecule has 2 saturated heterocycles. The number of carbonyl (C=O) groups excluding carboxylic acids is 1. The first-order valence-corrected chi connectivity index (χ1v) is 10.1. The number of sulfonamides is 1. The Hall–Kier alpha value is -1.26. The maximum Gasteiger partial charge on any atom is 0.337 e. The summed E-state index contributed by atoms with van der Waals surface area (Å²) in [7, 11) is -2.71. The third-order valence-electron chi connectivity index (χ3n) is 5.13. The van der Waals surface area contributed by atoms with E-state index in [1.54, 1.807) is 0 Å². The van der Waals surface area contributed by atoms with Gasteiger partial charge in [-0.05, 0) is 25.5 Å². The molecular weight excluding hydrogens is 397 g/mol. The Morgan fingerprint density at radius 2 is 1.93 bits per heavy atom. The molecule has 0 aliphatic carbocycles. The average Bonchev–Trinajstić information content (AvgIpc) is 3.14. The number of nitrogens with zero attached hydrogens (tertiary/aromatic N) is 2. The summed E-state index contributed by atoms with van der Waals surface area (Å²) in [5.41, 5.74) is -0.0877. The zero-order chi connectivity index (χ0) is 18.9. The number of piperazine rings is 1. The van der Waals surface area contributed by atoms with Crippen LogP contribution in [0.2, 0.25) is 0 Å². The smallest absolute Gasteiger partial charge is 0.337 e. The molecule has 0 saturated carbocycles. The van der Waals surface area contributed by atoms with Crippen molar-refractivity contribution in [2.75, 3.05) is 46.4 Å². The number of halogens is 2. The van der Waals surface area contributed by atoms with E-state index in [0.29, 0.717) is 13.1 Å². The molecule has 1 aromatic carbocycles. The molecule has 27 heavy (non-hydrogen) atoms. The summed E-state index contributed by atoms with van der Waals surface area (Å²) in [4.78, 5) is 13.9. The zero-order valence-electron chi connectivity index (χ0n) is 15.4. The summed E-state index contributed by atoms with van der Waals surface area (Å²) < 4.78 is 46.4. The largest absolute Gasteiger partial charge is 0.465 e. The van der Waals surface area contributed by atoms with Gasteiger partial charge in [-0.25, -0.2) is 17.6 Å². The van der Waals surface area contributed by atoms with Crippen molar-refractivity contribution >= 4 is 28.4 Å².